The zero-order valence-corrected chi connectivity index (χ0v) is 11.5. The van der Waals surface area contributed by atoms with Gasteiger partial charge >= 0.3 is 0 Å². The lowest BCUT2D eigenvalue weighted by Crippen LogP contribution is -2.35. The molecule has 0 fully saturated rings. The predicted molar refractivity (Wildman–Crippen MR) is 69.5 cm³/mol. The summed E-state index contributed by atoms with van der Waals surface area (Å²) in [6.07, 6.45) is -0.472. The molecule has 3 nitrogen and oxygen atoms in total. The first kappa shape index (κ1) is 14.3. The minimum absolute atomic E-state index is 0.144. The Bertz CT molecular complexity index is 409. The average molecular weight is 276 g/mol. The van der Waals surface area contributed by atoms with Crippen LogP contribution in [0.5, 0.6) is 0 Å². The molecule has 94 valence electrons. The lowest BCUT2D eigenvalue weighted by molar-refractivity contribution is -0.130. The second-order valence-electron chi connectivity index (χ2n) is 3.78. The summed E-state index contributed by atoms with van der Waals surface area (Å²) in [5.74, 6) is -0.161. The van der Waals surface area contributed by atoms with Crippen LogP contribution in [0.3, 0.4) is 0 Å². The van der Waals surface area contributed by atoms with E-state index in [1.807, 2.05) is 13.0 Å². The van der Waals surface area contributed by atoms with Gasteiger partial charge < -0.3 is 10.1 Å². The van der Waals surface area contributed by atoms with Crippen LogP contribution in [0.2, 0.25) is 10.0 Å². The molecule has 1 aromatic carbocycles. The highest BCUT2D eigenvalue weighted by molar-refractivity contribution is 6.42. The van der Waals surface area contributed by atoms with E-state index in [9.17, 15) is 4.79 Å². The quantitative estimate of drug-likeness (QED) is 0.917. The van der Waals surface area contributed by atoms with Crippen LogP contribution in [0.1, 0.15) is 25.5 Å². The molecule has 0 aliphatic heterocycles. The molecule has 2 atom stereocenters. The molecule has 2 unspecified atom stereocenters. The first-order valence-electron chi connectivity index (χ1n) is 5.23. The van der Waals surface area contributed by atoms with Gasteiger partial charge in [-0.25, -0.2) is 0 Å². The number of rotatable bonds is 4. The van der Waals surface area contributed by atoms with Crippen LogP contribution >= 0.6 is 23.2 Å². The molecule has 0 bridgehead atoms. The van der Waals surface area contributed by atoms with Crippen molar-refractivity contribution < 1.29 is 9.53 Å². The van der Waals surface area contributed by atoms with Gasteiger partial charge in [-0.15, -0.1) is 0 Å². The predicted octanol–water partition coefficient (Wildman–Crippen LogP) is 3.21. The third-order valence-corrected chi connectivity index (χ3v) is 3.26. The molecule has 0 aromatic heterocycles. The van der Waals surface area contributed by atoms with E-state index in [1.54, 1.807) is 19.1 Å². The maximum atomic E-state index is 11.6. The molecule has 1 N–H and O–H groups in total. The van der Waals surface area contributed by atoms with Gasteiger partial charge in [0.15, 0.2) is 0 Å². The van der Waals surface area contributed by atoms with Gasteiger partial charge in [0, 0.05) is 7.11 Å². The number of hydrogen-bond acceptors (Lipinski definition) is 2. The van der Waals surface area contributed by atoms with Gasteiger partial charge in [0.05, 0.1) is 16.1 Å². The topological polar surface area (TPSA) is 38.3 Å². The molecule has 1 rings (SSSR count). The Balaban J connectivity index is 2.73. The van der Waals surface area contributed by atoms with Crippen LogP contribution in [0.15, 0.2) is 18.2 Å². The van der Waals surface area contributed by atoms with E-state index in [-0.39, 0.29) is 11.9 Å². The summed E-state index contributed by atoms with van der Waals surface area (Å²) in [5.41, 5.74) is 0.899. The normalized spacial score (nSPS) is 14.2. The molecule has 0 spiro atoms. The number of hydrogen-bond donors (Lipinski definition) is 1. The maximum absolute atomic E-state index is 11.6. The number of carbonyl (C=O) groups is 1. The first-order valence-corrected chi connectivity index (χ1v) is 5.99. The minimum Gasteiger partial charge on any atom is -0.372 e. The van der Waals surface area contributed by atoms with E-state index >= 15 is 0 Å². The van der Waals surface area contributed by atoms with Crippen molar-refractivity contribution in [1.29, 1.82) is 0 Å². The second kappa shape index (κ2) is 6.24. The highest BCUT2D eigenvalue weighted by atomic mass is 35.5. The second-order valence-corrected chi connectivity index (χ2v) is 4.60. The number of ether oxygens (including phenoxy) is 1. The molecule has 1 aromatic rings. The SMILES string of the molecule is COC(C)C(=O)NC(C)c1ccc(Cl)c(Cl)c1. The summed E-state index contributed by atoms with van der Waals surface area (Å²) >= 11 is 11.7. The van der Waals surface area contributed by atoms with Gasteiger partial charge in [-0.2, -0.15) is 0 Å². The Labute approximate surface area is 111 Å². The van der Waals surface area contributed by atoms with E-state index in [1.165, 1.54) is 7.11 Å². The van der Waals surface area contributed by atoms with Crippen molar-refractivity contribution in [3.05, 3.63) is 33.8 Å². The summed E-state index contributed by atoms with van der Waals surface area (Å²) in [4.78, 5) is 11.6. The van der Waals surface area contributed by atoms with Gasteiger partial charge in [0.2, 0.25) is 5.91 Å². The summed E-state index contributed by atoms with van der Waals surface area (Å²) in [6, 6.07) is 5.14. The number of carbonyl (C=O) groups excluding carboxylic acids is 1. The first-order chi connectivity index (χ1) is 7.95. The average Bonchev–Trinajstić information content (AvgIpc) is 2.31. The summed E-state index contributed by atoms with van der Waals surface area (Å²) in [7, 11) is 1.49. The van der Waals surface area contributed by atoms with Gasteiger partial charge in [0.1, 0.15) is 6.10 Å². The monoisotopic (exact) mass is 275 g/mol. The smallest absolute Gasteiger partial charge is 0.249 e. The fraction of sp³-hybridized carbons (Fsp3) is 0.417. The van der Waals surface area contributed by atoms with Crippen LogP contribution in [0.4, 0.5) is 0 Å². The van der Waals surface area contributed by atoms with E-state index in [4.69, 9.17) is 27.9 Å². The van der Waals surface area contributed by atoms with Crippen molar-refractivity contribution in [2.45, 2.75) is 26.0 Å². The van der Waals surface area contributed by atoms with Crippen LogP contribution < -0.4 is 5.32 Å². The van der Waals surface area contributed by atoms with Crippen molar-refractivity contribution in [3.8, 4) is 0 Å². The molecule has 0 aliphatic rings. The molecule has 0 radical (unpaired) electrons. The fourth-order valence-electron chi connectivity index (χ4n) is 1.30. The Morgan fingerprint density at radius 3 is 2.47 bits per heavy atom. The zero-order valence-electron chi connectivity index (χ0n) is 9.96. The lowest BCUT2D eigenvalue weighted by Gasteiger charge is -2.17. The number of nitrogens with one attached hydrogen (secondary N) is 1. The van der Waals surface area contributed by atoms with Gasteiger partial charge in [-0.1, -0.05) is 29.3 Å². The molecule has 17 heavy (non-hydrogen) atoms. The molecule has 0 heterocycles. The standard InChI is InChI=1S/C12H15Cl2NO2/c1-7(15-12(16)8(2)17-3)9-4-5-10(13)11(14)6-9/h4-8H,1-3H3,(H,15,16). The molecule has 0 saturated carbocycles. The molecule has 0 aliphatic carbocycles. The molecule has 1 amide bonds. The Hall–Kier alpha value is -0.770. The Kier molecular flexibility index (Phi) is 5.25. The van der Waals surface area contributed by atoms with Gasteiger partial charge in [-0.05, 0) is 31.5 Å². The van der Waals surface area contributed by atoms with Crippen molar-refractivity contribution in [3.63, 3.8) is 0 Å². The summed E-state index contributed by atoms with van der Waals surface area (Å²) in [5, 5.41) is 3.80. The van der Waals surface area contributed by atoms with Crippen LogP contribution in [0, 0.1) is 0 Å². The third-order valence-electron chi connectivity index (χ3n) is 2.53. The highest BCUT2D eigenvalue weighted by Gasteiger charge is 2.15. The van der Waals surface area contributed by atoms with Crippen molar-refractivity contribution >= 4 is 29.1 Å². The van der Waals surface area contributed by atoms with Crippen LogP contribution in [-0.2, 0) is 9.53 Å². The molecule has 5 heteroatoms. The fourth-order valence-corrected chi connectivity index (χ4v) is 1.61. The summed E-state index contributed by atoms with van der Waals surface area (Å²) in [6.45, 7) is 3.57. The zero-order chi connectivity index (χ0) is 13.0. The molecular formula is C12H15Cl2NO2. The summed E-state index contributed by atoms with van der Waals surface area (Å²) < 4.78 is 4.93. The Morgan fingerprint density at radius 2 is 1.94 bits per heavy atom. The number of benzene rings is 1. The van der Waals surface area contributed by atoms with E-state index in [2.05, 4.69) is 5.32 Å². The van der Waals surface area contributed by atoms with Crippen LogP contribution in [0.25, 0.3) is 0 Å². The highest BCUT2D eigenvalue weighted by Crippen LogP contribution is 2.25. The van der Waals surface area contributed by atoms with E-state index in [0.29, 0.717) is 10.0 Å². The van der Waals surface area contributed by atoms with Crippen molar-refractivity contribution in [2.75, 3.05) is 7.11 Å². The van der Waals surface area contributed by atoms with Crippen LogP contribution in [-0.4, -0.2) is 19.1 Å². The van der Waals surface area contributed by atoms with E-state index in [0.717, 1.165) is 5.56 Å². The van der Waals surface area contributed by atoms with Crippen molar-refractivity contribution in [2.24, 2.45) is 0 Å². The largest absolute Gasteiger partial charge is 0.372 e. The number of halogens is 2. The van der Waals surface area contributed by atoms with E-state index < -0.39 is 6.10 Å². The lowest BCUT2D eigenvalue weighted by atomic mass is 10.1. The third kappa shape index (κ3) is 3.87. The maximum Gasteiger partial charge on any atom is 0.249 e. The number of methoxy groups -OCH3 is 1. The number of amides is 1. The van der Waals surface area contributed by atoms with Crippen molar-refractivity contribution in [1.82, 2.24) is 5.32 Å². The Morgan fingerprint density at radius 1 is 1.29 bits per heavy atom. The molecule has 0 saturated heterocycles. The molecular weight excluding hydrogens is 261 g/mol. The van der Waals surface area contributed by atoms with Gasteiger partial charge in [-0.3, -0.25) is 4.79 Å². The van der Waals surface area contributed by atoms with Gasteiger partial charge in [0.25, 0.3) is 0 Å². The minimum atomic E-state index is -0.472.